The third-order valence-corrected chi connectivity index (χ3v) is 6.45. The summed E-state index contributed by atoms with van der Waals surface area (Å²) in [5.41, 5.74) is 0.526. The van der Waals surface area contributed by atoms with Crippen molar-refractivity contribution in [3.05, 3.63) is 11.9 Å². The average Bonchev–Trinajstić information content (AvgIpc) is 3.42. The molecule has 1 aliphatic heterocycles. The molecule has 1 saturated heterocycles. The first kappa shape index (κ1) is 33.8. The zero-order valence-electron chi connectivity index (χ0n) is 25.2. The Kier molecular flexibility index (Phi) is 14.2. The fourth-order valence-electron chi connectivity index (χ4n) is 3.96. The average molecular weight is 568 g/mol. The van der Waals surface area contributed by atoms with E-state index in [1.807, 2.05) is 20.8 Å². The highest BCUT2D eigenvalue weighted by atomic mass is 16.6. The van der Waals surface area contributed by atoms with E-state index in [4.69, 9.17) is 18.9 Å². The molecule has 0 radical (unpaired) electrons. The van der Waals surface area contributed by atoms with E-state index < -0.39 is 0 Å². The van der Waals surface area contributed by atoms with Crippen molar-refractivity contribution in [3.8, 4) is 0 Å². The molecule has 1 fully saturated rings. The molecule has 40 heavy (non-hydrogen) atoms. The van der Waals surface area contributed by atoms with Gasteiger partial charge in [-0.05, 0) is 17.3 Å². The molecule has 1 N–H and O–H groups in total. The van der Waals surface area contributed by atoms with Gasteiger partial charge in [0.1, 0.15) is 5.69 Å². The molecular formula is C28H49N5O7. The highest BCUT2D eigenvalue weighted by Gasteiger charge is 2.44. The first-order valence-electron chi connectivity index (χ1n) is 14.2. The molecule has 12 nitrogen and oxygen atoms in total. The smallest absolute Gasteiger partial charge is 0.233 e. The Hall–Kier alpha value is -2.41. The second-order valence-corrected chi connectivity index (χ2v) is 12.3. The van der Waals surface area contributed by atoms with Crippen LogP contribution < -0.4 is 5.32 Å². The third kappa shape index (κ3) is 13.3. The van der Waals surface area contributed by atoms with Crippen LogP contribution in [0.25, 0.3) is 0 Å². The van der Waals surface area contributed by atoms with Crippen molar-refractivity contribution in [3.63, 3.8) is 0 Å². The maximum absolute atomic E-state index is 12.6. The lowest BCUT2D eigenvalue weighted by Gasteiger charge is -2.24. The summed E-state index contributed by atoms with van der Waals surface area (Å²) in [6.45, 7) is 17.2. The van der Waals surface area contributed by atoms with Gasteiger partial charge in [-0.2, -0.15) is 0 Å². The summed E-state index contributed by atoms with van der Waals surface area (Å²) >= 11 is 0. The van der Waals surface area contributed by atoms with Gasteiger partial charge in [-0.3, -0.25) is 19.3 Å². The number of aromatic nitrogens is 3. The van der Waals surface area contributed by atoms with E-state index in [2.05, 4.69) is 36.4 Å². The number of imide groups is 1. The van der Waals surface area contributed by atoms with Crippen LogP contribution in [0.2, 0.25) is 0 Å². The van der Waals surface area contributed by atoms with Crippen LogP contribution in [0.5, 0.6) is 0 Å². The Morgan fingerprint density at radius 3 is 2.05 bits per heavy atom. The molecule has 12 heteroatoms. The monoisotopic (exact) mass is 567 g/mol. The van der Waals surface area contributed by atoms with Crippen molar-refractivity contribution >= 4 is 17.7 Å². The maximum atomic E-state index is 12.6. The number of carbonyl (C=O) groups excluding carboxylic acids is 3. The molecule has 228 valence electrons. The van der Waals surface area contributed by atoms with Crippen LogP contribution in [-0.2, 0) is 46.4 Å². The topological polar surface area (TPSA) is 134 Å². The molecule has 2 rings (SSSR count). The Bertz CT molecular complexity index is 923. The predicted molar refractivity (Wildman–Crippen MR) is 148 cm³/mol. The lowest BCUT2D eigenvalue weighted by Crippen LogP contribution is -2.33. The molecule has 1 atom stereocenters. The number of hydrogen-bond donors (Lipinski definition) is 1. The van der Waals surface area contributed by atoms with Crippen molar-refractivity contribution in [2.45, 2.75) is 73.9 Å². The fraction of sp³-hybridized carbons (Fsp3) is 0.821. The van der Waals surface area contributed by atoms with Crippen molar-refractivity contribution < 1.29 is 33.3 Å². The SMILES string of the molecule is CC(C)(C)CCNC(=O)CCOCCOCCOCCOCCn1cc(CN2C(=O)CC(C(C)(C)C)C2=O)nn1. The fourth-order valence-corrected chi connectivity index (χ4v) is 3.96. The third-order valence-electron chi connectivity index (χ3n) is 6.45. The Morgan fingerprint density at radius 1 is 0.925 bits per heavy atom. The highest BCUT2D eigenvalue weighted by Crippen LogP contribution is 2.35. The molecule has 0 spiro atoms. The van der Waals surface area contributed by atoms with Gasteiger partial charge < -0.3 is 24.3 Å². The van der Waals surface area contributed by atoms with Crippen LogP contribution in [-0.4, -0.2) is 97.0 Å². The number of ether oxygens (including phenoxy) is 4. The number of likely N-dealkylation sites (tertiary alicyclic amines) is 1. The van der Waals surface area contributed by atoms with Gasteiger partial charge in [0, 0.05) is 19.4 Å². The van der Waals surface area contributed by atoms with Gasteiger partial charge in [0.05, 0.1) is 78.1 Å². The summed E-state index contributed by atoms with van der Waals surface area (Å²) in [6.07, 6.45) is 3.27. The lowest BCUT2D eigenvalue weighted by molar-refractivity contribution is -0.141. The molecule has 1 aromatic rings. The molecule has 0 aromatic carbocycles. The largest absolute Gasteiger partial charge is 0.379 e. The van der Waals surface area contributed by atoms with E-state index in [9.17, 15) is 14.4 Å². The van der Waals surface area contributed by atoms with Crippen LogP contribution in [0.3, 0.4) is 0 Å². The van der Waals surface area contributed by atoms with Crippen molar-refractivity contribution in [1.82, 2.24) is 25.2 Å². The second kappa shape index (κ2) is 16.8. The molecular weight excluding hydrogens is 518 g/mol. The van der Waals surface area contributed by atoms with E-state index in [0.29, 0.717) is 78.1 Å². The molecule has 3 amide bonds. The molecule has 0 aliphatic carbocycles. The van der Waals surface area contributed by atoms with Gasteiger partial charge in [0.2, 0.25) is 17.7 Å². The minimum atomic E-state index is -0.301. The molecule has 0 saturated carbocycles. The van der Waals surface area contributed by atoms with Crippen LogP contribution >= 0.6 is 0 Å². The first-order valence-corrected chi connectivity index (χ1v) is 14.2. The van der Waals surface area contributed by atoms with E-state index in [-0.39, 0.29) is 47.4 Å². The van der Waals surface area contributed by atoms with Gasteiger partial charge in [-0.1, -0.05) is 46.8 Å². The second-order valence-electron chi connectivity index (χ2n) is 12.3. The first-order chi connectivity index (χ1) is 18.9. The van der Waals surface area contributed by atoms with Crippen molar-refractivity contribution in [2.24, 2.45) is 16.7 Å². The summed E-state index contributed by atoms with van der Waals surface area (Å²) in [6, 6.07) is 0. The summed E-state index contributed by atoms with van der Waals surface area (Å²) in [4.78, 5) is 38.0. The minimum absolute atomic E-state index is 0.00840. The van der Waals surface area contributed by atoms with Crippen LogP contribution in [0.1, 0.15) is 66.5 Å². The van der Waals surface area contributed by atoms with Crippen molar-refractivity contribution in [1.29, 1.82) is 0 Å². The van der Waals surface area contributed by atoms with Crippen LogP contribution in [0.4, 0.5) is 0 Å². The van der Waals surface area contributed by atoms with Gasteiger partial charge in [0.25, 0.3) is 0 Å². The Morgan fingerprint density at radius 2 is 1.50 bits per heavy atom. The number of carbonyl (C=O) groups is 3. The van der Waals surface area contributed by atoms with Crippen molar-refractivity contribution in [2.75, 3.05) is 59.4 Å². The molecule has 2 heterocycles. The zero-order chi connectivity index (χ0) is 29.6. The summed E-state index contributed by atoms with van der Waals surface area (Å²) < 4.78 is 23.6. The standard InChI is InChI=1S/C28H49N5O7/c1-27(2,3)8-9-29-24(34)7-11-37-13-15-39-17-18-40-16-14-38-12-10-32-20-22(30-31-32)21-33-25(35)19-23(26(33)36)28(4,5)6/h20,23H,7-19,21H2,1-6H3,(H,29,34). The lowest BCUT2D eigenvalue weighted by atomic mass is 9.80. The molecule has 1 aliphatic rings. The Labute approximate surface area is 238 Å². The normalized spacial score (nSPS) is 16.2. The van der Waals surface area contributed by atoms with E-state index in [1.54, 1.807) is 10.9 Å². The predicted octanol–water partition coefficient (Wildman–Crippen LogP) is 2.21. The summed E-state index contributed by atoms with van der Waals surface area (Å²) in [5.74, 6) is -0.596. The summed E-state index contributed by atoms with van der Waals surface area (Å²) in [7, 11) is 0. The number of rotatable bonds is 19. The van der Waals surface area contributed by atoms with Gasteiger partial charge in [0.15, 0.2) is 0 Å². The molecule has 0 bridgehead atoms. The quantitative estimate of drug-likeness (QED) is 0.197. The number of nitrogens with zero attached hydrogens (tertiary/aromatic N) is 4. The zero-order valence-corrected chi connectivity index (χ0v) is 25.2. The van der Waals surface area contributed by atoms with E-state index >= 15 is 0 Å². The Balaban J connectivity index is 1.41. The maximum Gasteiger partial charge on any atom is 0.233 e. The molecule has 1 aromatic heterocycles. The van der Waals surface area contributed by atoms with Gasteiger partial charge in [-0.15, -0.1) is 5.10 Å². The van der Waals surface area contributed by atoms with Gasteiger partial charge >= 0.3 is 0 Å². The molecule has 1 unspecified atom stereocenters. The van der Waals surface area contributed by atoms with Crippen LogP contribution in [0.15, 0.2) is 6.20 Å². The number of nitrogens with one attached hydrogen (secondary N) is 1. The van der Waals surface area contributed by atoms with E-state index in [0.717, 1.165) is 6.42 Å². The number of amides is 3. The number of hydrogen-bond acceptors (Lipinski definition) is 9. The van der Waals surface area contributed by atoms with Gasteiger partial charge in [-0.25, -0.2) is 4.68 Å². The highest BCUT2D eigenvalue weighted by molar-refractivity contribution is 6.03. The van der Waals surface area contributed by atoms with E-state index in [1.165, 1.54) is 4.90 Å². The minimum Gasteiger partial charge on any atom is -0.379 e. The van der Waals surface area contributed by atoms with Crippen LogP contribution in [0, 0.1) is 16.7 Å². The summed E-state index contributed by atoms with van der Waals surface area (Å²) in [5, 5.41) is 11.1.